The lowest BCUT2D eigenvalue weighted by molar-refractivity contribution is -0.108. The molecule has 8 nitrogen and oxygen atoms in total. The molecule has 0 saturated heterocycles. The molecular formula is C21H31N2O6P. The molecular weight excluding hydrogens is 407 g/mol. The minimum Gasteiger partial charge on any atom is -0.405 e. The zero-order chi connectivity index (χ0) is 23.0. The zero-order valence-electron chi connectivity index (χ0n) is 18.3. The average molecular weight is 438 g/mol. The van der Waals surface area contributed by atoms with Crippen LogP contribution in [0.2, 0.25) is 0 Å². The van der Waals surface area contributed by atoms with Crippen molar-refractivity contribution >= 4 is 19.7 Å². The smallest absolute Gasteiger partial charge is 0.405 e. The van der Waals surface area contributed by atoms with Crippen LogP contribution < -0.4 is 14.1 Å². The number of ether oxygens (including phenoxy) is 1. The fourth-order valence-electron chi connectivity index (χ4n) is 1.68. The fraction of sp³-hybridized carbons (Fsp3) is 0.381. The maximum atomic E-state index is 12.9. The van der Waals surface area contributed by atoms with Gasteiger partial charge in [0.15, 0.2) is 0 Å². The highest BCUT2D eigenvalue weighted by Crippen LogP contribution is 2.45. The Labute approximate surface area is 178 Å². The molecule has 2 atom stereocenters. The van der Waals surface area contributed by atoms with Gasteiger partial charge in [-0.3, -0.25) is 0 Å². The second-order valence-corrected chi connectivity index (χ2v) is 7.53. The summed E-state index contributed by atoms with van der Waals surface area (Å²) in [5.41, 5.74) is 0.213. The molecule has 0 amide bonds. The van der Waals surface area contributed by atoms with Gasteiger partial charge in [0.25, 0.3) is 0 Å². The van der Waals surface area contributed by atoms with Crippen LogP contribution in [-0.4, -0.2) is 25.5 Å². The van der Waals surface area contributed by atoms with E-state index in [0.29, 0.717) is 18.1 Å². The van der Waals surface area contributed by atoms with Gasteiger partial charge in [-0.1, -0.05) is 32.0 Å². The normalized spacial score (nSPS) is 12.8. The monoisotopic (exact) mass is 438 g/mol. The van der Waals surface area contributed by atoms with Crippen molar-refractivity contribution in [3.05, 3.63) is 59.5 Å². The van der Waals surface area contributed by atoms with Crippen LogP contribution in [0.25, 0.3) is 0 Å². The van der Waals surface area contributed by atoms with Crippen LogP contribution >= 0.6 is 7.75 Å². The number of nitrogens with one attached hydrogen (secondary N) is 1. The predicted molar refractivity (Wildman–Crippen MR) is 119 cm³/mol. The lowest BCUT2D eigenvalue weighted by Gasteiger charge is -2.21. The van der Waals surface area contributed by atoms with Gasteiger partial charge in [0.1, 0.15) is 23.5 Å². The molecule has 1 unspecified atom stereocenters. The molecule has 0 radical (unpaired) electrons. The highest BCUT2D eigenvalue weighted by Gasteiger charge is 2.30. The van der Waals surface area contributed by atoms with E-state index in [4.69, 9.17) is 13.8 Å². The largest absolute Gasteiger partial charge is 0.513 e. The molecule has 9 heteroatoms. The summed E-state index contributed by atoms with van der Waals surface area (Å²) >= 11 is 0. The maximum Gasteiger partial charge on any atom is 0.513 e. The number of hydrogen-bond acceptors (Lipinski definition) is 7. The van der Waals surface area contributed by atoms with Crippen LogP contribution in [0.1, 0.15) is 34.6 Å². The molecule has 0 fully saturated rings. The molecule has 0 bridgehead atoms. The van der Waals surface area contributed by atoms with Crippen molar-refractivity contribution in [3.63, 3.8) is 0 Å². The quantitative estimate of drug-likeness (QED) is 0.295. The number of aldehydes is 1. The Morgan fingerprint density at radius 1 is 0.933 bits per heavy atom. The van der Waals surface area contributed by atoms with Crippen LogP contribution in [0.5, 0.6) is 11.5 Å². The van der Waals surface area contributed by atoms with E-state index in [1.54, 1.807) is 37.4 Å². The van der Waals surface area contributed by atoms with E-state index in [1.165, 1.54) is 31.2 Å². The standard InChI is InChI=1S/C15H15N2O5P.C4H10O.C2H6/c1-12(11-18)17-23(20,21-14-5-3-2-4-6-14)22-15-9-7-13(16-19)8-10-15;1-4(2)5-3;1-2/h2-12H,1H3,(H,17,20);4H,1-3H3;1-2H3/t12-,23?;;/m0../s1. The first-order valence-corrected chi connectivity index (χ1v) is 11.1. The number of nitrogens with zero attached hydrogens (tertiary/aromatic N) is 1. The summed E-state index contributed by atoms with van der Waals surface area (Å²) in [4.78, 5) is 21.2. The molecule has 0 aliphatic heterocycles. The molecule has 2 aromatic carbocycles. The van der Waals surface area contributed by atoms with Crippen molar-refractivity contribution < 1.29 is 23.1 Å². The number of rotatable bonds is 9. The second kappa shape index (κ2) is 15.3. The summed E-state index contributed by atoms with van der Waals surface area (Å²) in [5.74, 6) is 0.537. The van der Waals surface area contributed by atoms with E-state index in [0.717, 1.165) is 0 Å². The van der Waals surface area contributed by atoms with Gasteiger partial charge in [-0.2, -0.15) is 5.09 Å². The Kier molecular flexibility index (Phi) is 14.0. The Bertz CT molecular complexity index is 769. The van der Waals surface area contributed by atoms with Crippen molar-refractivity contribution in [1.82, 2.24) is 5.09 Å². The van der Waals surface area contributed by atoms with Gasteiger partial charge in [0, 0.05) is 7.11 Å². The third-order valence-corrected chi connectivity index (χ3v) is 4.80. The number of carbonyl (C=O) groups excluding carboxylic acids is 1. The molecule has 0 aromatic heterocycles. The first-order chi connectivity index (χ1) is 14.3. The Balaban J connectivity index is 0.00000105. The molecule has 0 aliphatic rings. The number of para-hydroxylation sites is 1. The number of methoxy groups -OCH3 is 1. The van der Waals surface area contributed by atoms with Crippen molar-refractivity contribution in [2.45, 2.75) is 46.8 Å². The minimum absolute atomic E-state index is 0.210. The van der Waals surface area contributed by atoms with Gasteiger partial charge in [-0.15, -0.1) is 4.91 Å². The second-order valence-electron chi connectivity index (χ2n) is 5.92. The maximum absolute atomic E-state index is 12.9. The Morgan fingerprint density at radius 2 is 1.40 bits per heavy atom. The molecule has 2 aromatic rings. The predicted octanol–water partition coefficient (Wildman–Crippen LogP) is 5.89. The summed E-state index contributed by atoms with van der Waals surface area (Å²) in [6, 6.07) is 13.4. The lowest BCUT2D eigenvalue weighted by atomic mass is 10.3. The molecule has 0 heterocycles. The zero-order valence-corrected chi connectivity index (χ0v) is 19.2. The van der Waals surface area contributed by atoms with Crippen LogP contribution in [-0.2, 0) is 14.1 Å². The molecule has 0 aliphatic carbocycles. The summed E-state index contributed by atoms with van der Waals surface area (Å²) < 4.78 is 28.4. The Morgan fingerprint density at radius 3 is 1.80 bits per heavy atom. The number of nitroso groups, excluding NO2 is 1. The summed E-state index contributed by atoms with van der Waals surface area (Å²) in [7, 11) is -2.15. The van der Waals surface area contributed by atoms with E-state index < -0.39 is 13.8 Å². The number of hydrogen-bond donors (Lipinski definition) is 1. The van der Waals surface area contributed by atoms with E-state index in [2.05, 4.69) is 10.3 Å². The van der Waals surface area contributed by atoms with E-state index in [9.17, 15) is 14.3 Å². The number of carbonyl (C=O) groups is 1. The molecule has 0 spiro atoms. The van der Waals surface area contributed by atoms with E-state index >= 15 is 0 Å². The van der Waals surface area contributed by atoms with Gasteiger partial charge in [-0.05, 0) is 62.3 Å². The molecule has 30 heavy (non-hydrogen) atoms. The molecule has 1 N–H and O–H groups in total. The Hall–Kier alpha value is -2.54. The first-order valence-electron chi connectivity index (χ1n) is 9.55. The summed E-state index contributed by atoms with van der Waals surface area (Å²) in [5, 5.41) is 5.30. The van der Waals surface area contributed by atoms with Gasteiger partial charge >= 0.3 is 7.75 Å². The van der Waals surface area contributed by atoms with Gasteiger partial charge in [0.2, 0.25) is 0 Å². The summed E-state index contributed by atoms with van der Waals surface area (Å²) in [6.07, 6.45) is 0.971. The average Bonchev–Trinajstić information content (AvgIpc) is 2.76. The SMILES string of the molecule is CC.COC(C)C.C[C@@H](C=O)NP(=O)(Oc1ccccc1)Oc1ccc(N=O)cc1. The third kappa shape index (κ3) is 11.5. The van der Waals surface area contributed by atoms with Crippen molar-refractivity contribution in [1.29, 1.82) is 0 Å². The molecule has 166 valence electrons. The van der Waals surface area contributed by atoms with Crippen molar-refractivity contribution in [2.75, 3.05) is 7.11 Å². The molecule has 0 saturated carbocycles. The molecule has 2 rings (SSSR count). The first kappa shape index (κ1) is 27.5. The number of benzene rings is 2. The summed E-state index contributed by atoms with van der Waals surface area (Å²) in [6.45, 7) is 9.52. The lowest BCUT2D eigenvalue weighted by Crippen LogP contribution is -2.28. The van der Waals surface area contributed by atoms with Crippen molar-refractivity contribution in [3.8, 4) is 11.5 Å². The van der Waals surface area contributed by atoms with Crippen molar-refractivity contribution in [2.24, 2.45) is 5.18 Å². The van der Waals surface area contributed by atoms with Crippen LogP contribution in [0.3, 0.4) is 0 Å². The van der Waals surface area contributed by atoms with E-state index in [-0.39, 0.29) is 11.4 Å². The fourth-order valence-corrected chi connectivity index (χ4v) is 3.18. The topological polar surface area (TPSA) is 103 Å². The van der Waals surface area contributed by atoms with Gasteiger partial charge in [0.05, 0.1) is 12.1 Å². The van der Waals surface area contributed by atoms with Gasteiger partial charge in [-0.25, -0.2) is 4.57 Å². The van der Waals surface area contributed by atoms with Gasteiger partial charge < -0.3 is 18.6 Å². The minimum atomic E-state index is -3.85. The van der Waals surface area contributed by atoms with Crippen LogP contribution in [0.15, 0.2) is 59.8 Å². The van der Waals surface area contributed by atoms with E-state index in [1.807, 2.05) is 27.7 Å². The highest BCUT2D eigenvalue weighted by atomic mass is 31.2. The third-order valence-electron chi connectivity index (χ3n) is 3.17. The van der Waals surface area contributed by atoms with Crippen LogP contribution in [0, 0.1) is 4.91 Å². The highest BCUT2D eigenvalue weighted by molar-refractivity contribution is 7.52. The van der Waals surface area contributed by atoms with Crippen LogP contribution in [0.4, 0.5) is 5.69 Å².